The Balaban J connectivity index is 2.56. The predicted octanol–water partition coefficient (Wildman–Crippen LogP) is 0.391. The summed E-state index contributed by atoms with van der Waals surface area (Å²) in [4.78, 5) is 17.2. The number of terminal acetylenes is 1. The van der Waals surface area contributed by atoms with Gasteiger partial charge in [0, 0.05) is 32.4 Å². The molecule has 2 N–H and O–H groups in total. The zero-order valence-electron chi connectivity index (χ0n) is 9.26. The highest BCUT2D eigenvalue weighted by atomic mass is 16.2. The van der Waals surface area contributed by atoms with Crippen molar-refractivity contribution in [2.75, 3.05) is 7.05 Å². The van der Waals surface area contributed by atoms with Gasteiger partial charge in [-0.05, 0) is 17.7 Å². The van der Waals surface area contributed by atoms with Crippen molar-refractivity contribution < 1.29 is 4.79 Å². The Labute approximate surface area is 95.5 Å². The van der Waals surface area contributed by atoms with E-state index in [0.717, 1.165) is 5.56 Å². The van der Waals surface area contributed by atoms with Gasteiger partial charge in [-0.2, -0.15) is 0 Å². The fraction of sp³-hybridized carbons (Fsp3) is 0.333. The van der Waals surface area contributed by atoms with Crippen molar-refractivity contribution in [2.24, 2.45) is 5.73 Å². The maximum absolute atomic E-state index is 11.7. The van der Waals surface area contributed by atoms with Crippen molar-refractivity contribution in [3.63, 3.8) is 0 Å². The van der Waals surface area contributed by atoms with Crippen LogP contribution in [0.2, 0.25) is 0 Å². The van der Waals surface area contributed by atoms with Gasteiger partial charge in [0.1, 0.15) is 0 Å². The van der Waals surface area contributed by atoms with Crippen LogP contribution in [0.25, 0.3) is 0 Å². The van der Waals surface area contributed by atoms with Crippen LogP contribution in [0.4, 0.5) is 0 Å². The van der Waals surface area contributed by atoms with Crippen LogP contribution in [0.15, 0.2) is 24.5 Å². The van der Waals surface area contributed by atoms with Gasteiger partial charge in [-0.3, -0.25) is 9.78 Å². The number of hydrogen-bond acceptors (Lipinski definition) is 3. The van der Waals surface area contributed by atoms with Crippen LogP contribution in [-0.4, -0.2) is 28.9 Å². The third kappa shape index (κ3) is 3.37. The lowest BCUT2D eigenvalue weighted by Gasteiger charge is -2.20. The van der Waals surface area contributed by atoms with Crippen molar-refractivity contribution in [3.05, 3.63) is 30.1 Å². The fourth-order valence-corrected chi connectivity index (χ4v) is 1.34. The lowest BCUT2D eigenvalue weighted by Crippen LogP contribution is -2.41. The van der Waals surface area contributed by atoms with Crippen molar-refractivity contribution >= 4 is 5.91 Å². The van der Waals surface area contributed by atoms with Crippen molar-refractivity contribution in [1.82, 2.24) is 9.88 Å². The first kappa shape index (κ1) is 12.2. The van der Waals surface area contributed by atoms with Gasteiger partial charge in [-0.15, -0.1) is 12.3 Å². The van der Waals surface area contributed by atoms with Gasteiger partial charge in [0.05, 0.1) is 6.04 Å². The fourth-order valence-electron chi connectivity index (χ4n) is 1.34. The molecular weight excluding hydrogens is 202 g/mol. The SMILES string of the molecule is C#CCC(N)C(=O)N(C)Cc1ccncc1. The number of aromatic nitrogens is 1. The molecule has 0 aliphatic heterocycles. The maximum Gasteiger partial charge on any atom is 0.240 e. The summed E-state index contributed by atoms with van der Waals surface area (Å²) in [6.45, 7) is 0.514. The number of carbonyl (C=O) groups is 1. The number of amides is 1. The zero-order chi connectivity index (χ0) is 12.0. The standard InChI is InChI=1S/C12H15N3O/c1-3-4-11(13)12(16)15(2)9-10-5-7-14-8-6-10/h1,5-8,11H,4,9,13H2,2H3. The van der Waals surface area contributed by atoms with Gasteiger partial charge in [-0.25, -0.2) is 0 Å². The highest BCUT2D eigenvalue weighted by Gasteiger charge is 2.16. The number of carbonyl (C=O) groups excluding carboxylic acids is 1. The molecule has 1 heterocycles. The largest absolute Gasteiger partial charge is 0.340 e. The molecule has 1 rings (SSSR count). The average Bonchev–Trinajstić information content (AvgIpc) is 2.29. The van der Waals surface area contributed by atoms with E-state index >= 15 is 0 Å². The predicted molar refractivity (Wildman–Crippen MR) is 62.1 cm³/mol. The normalized spacial score (nSPS) is 11.6. The Hall–Kier alpha value is -1.86. The number of nitrogens with zero attached hydrogens (tertiary/aromatic N) is 2. The minimum Gasteiger partial charge on any atom is -0.340 e. The minimum atomic E-state index is -0.614. The van der Waals surface area contributed by atoms with Gasteiger partial charge in [0.25, 0.3) is 0 Å². The maximum atomic E-state index is 11.7. The highest BCUT2D eigenvalue weighted by Crippen LogP contribution is 2.03. The van der Waals surface area contributed by atoms with Crippen molar-refractivity contribution in [2.45, 2.75) is 19.0 Å². The molecule has 0 bridgehead atoms. The third-order valence-corrected chi connectivity index (χ3v) is 2.20. The van der Waals surface area contributed by atoms with E-state index in [4.69, 9.17) is 12.2 Å². The summed E-state index contributed by atoms with van der Waals surface area (Å²) in [5.41, 5.74) is 6.65. The second kappa shape index (κ2) is 5.89. The Bertz CT molecular complexity index is 383. The molecule has 1 aromatic rings. The van der Waals surface area contributed by atoms with Crippen molar-refractivity contribution in [1.29, 1.82) is 0 Å². The molecule has 4 heteroatoms. The van der Waals surface area contributed by atoms with E-state index in [9.17, 15) is 4.79 Å². The first-order valence-corrected chi connectivity index (χ1v) is 4.98. The Morgan fingerprint density at radius 3 is 2.81 bits per heavy atom. The van der Waals surface area contributed by atoms with Gasteiger partial charge in [0.15, 0.2) is 0 Å². The summed E-state index contributed by atoms with van der Waals surface area (Å²) in [5.74, 6) is 2.24. The number of rotatable bonds is 4. The zero-order valence-corrected chi connectivity index (χ0v) is 9.26. The molecule has 1 amide bonds. The van der Waals surface area contributed by atoms with E-state index in [0.29, 0.717) is 6.54 Å². The first-order chi connectivity index (χ1) is 7.65. The van der Waals surface area contributed by atoms with Gasteiger partial charge in [0.2, 0.25) is 5.91 Å². The molecule has 16 heavy (non-hydrogen) atoms. The molecule has 1 unspecified atom stereocenters. The van der Waals surface area contributed by atoms with Crippen LogP contribution >= 0.6 is 0 Å². The average molecular weight is 217 g/mol. The summed E-state index contributed by atoms with van der Waals surface area (Å²) < 4.78 is 0. The molecule has 0 aliphatic rings. The second-order valence-corrected chi connectivity index (χ2v) is 3.56. The second-order valence-electron chi connectivity index (χ2n) is 3.56. The number of nitrogens with two attached hydrogens (primary N) is 1. The topological polar surface area (TPSA) is 59.2 Å². The summed E-state index contributed by atoms with van der Waals surface area (Å²) >= 11 is 0. The van der Waals surface area contributed by atoms with Gasteiger partial charge < -0.3 is 10.6 Å². The summed E-state index contributed by atoms with van der Waals surface area (Å²) in [7, 11) is 1.71. The molecule has 4 nitrogen and oxygen atoms in total. The monoisotopic (exact) mass is 217 g/mol. The molecule has 0 aliphatic carbocycles. The van der Waals surface area contributed by atoms with Gasteiger partial charge >= 0.3 is 0 Å². The number of likely N-dealkylation sites (N-methyl/N-ethyl adjacent to an activating group) is 1. The van der Waals surface area contributed by atoms with Crippen LogP contribution in [0.3, 0.4) is 0 Å². The van der Waals surface area contributed by atoms with Gasteiger partial charge in [-0.1, -0.05) is 0 Å². The van der Waals surface area contributed by atoms with Crippen molar-refractivity contribution in [3.8, 4) is 12.3 Å². The first-order valence-electron chi connectivity index (χ1n) is 4.98. The Morgan fingerprint density at radius 1 is 1.62 bits per heavy atom. The van der Waals surface area contributed by atoms with E-state index in [1.165, 1.54) is 0 Å². The molecule has 0 saturated heterocycles. The summed E-state index contributed by atoms with van der Waals surface area (Å²) in [6.07, 6.45) is 8.75. The molecule has 0 fully saturated rings. The molecule has 84 valence electrons. The van der Waals surface area contributed by atoms with E-state index in [-0.39, 0.29) is 12.3 Å². The van der Waals surface area contributed by atoms with Crippen LogP contribution in [-0.2, 0) is 11.3 Å². The Kier molecular flexibility index (Phi) is 4.49. The highest BCUT2D eigenvalue weighted by molar-refractivity contribution is 5.81. The molecule has 1 aromatic heterocycles. The molecular formula is C12H15N3O. The molecule has 0 radical (unpaired) electrons. The molecule has 0 aromatic carbocycles. The molecule has 0 spiro atoms. The quantitative estimate of drug-likeness (QED) is 0.742. The minimum absolute atomic E-state index is 0.144. The number of hydrogen-bond donors (Lipinski definition) is 1. The van der Waals surface area contributed by atoms with Crippen LogP contribution < -0.4 is 5.73 Å². The van der Waals surface area contributed by atoms with E-state index < -0.39 is 6.04 Å². The van der Waals surface area contributed by atoms with Crippen LogP contribution in [0, 0.1) is 12.3 Å². The van der Waals surface area contributed by atoms with Crippen LogP contribution in [0.5, 0.6) is 0 Å². The lowest BCUT2D eigenvalue weighted by atomic mass is 10.2. The lowest BCUT2D eigenvalue weighted by molar-refractivity contribution is -0.131. The smallest absolute Gasteiger partial charge is 0.240 e. The third-order valence-electron chi connectivity index (χ3n) is 2.20. The molecule has 1 atom stereocenters. The van der Waals surface area contributed by atoms with E-state index in [1.807, 2.05) is 12.1 Å². The molecule has 0 saturated carbocycles. The Morgan fingerprint density at radius 2 is 2.25 bits per heavy atom. The summed E-state index contributed by atoms with van der Waals surface area (Å²) in [5, 5.41) is 0. The van der Waals surface area contributed by atoms with E-state index in [1.54, 1.807) is 24.3 Å². The van der Waals surface area contributed by atoms with E-state index in [2.05, 4.69) is 10.9 Å². The number of pyridine rings is 1. The summed E-state index contributed by atoms with van der Waals surface area (Å²) in [6, 6.07) is 3.10. The van der Waals surface area contributed by atoms with Crippen LogP contribution in [0.1, 0.15) is 12.0 Å².